The van der Waals surface area contributed by atoms with Crippen molar-refractivity contribution in [3.63, 3.8) is 0 Å². The van der Waals surface area contributed by atoms with E-state index in [0.717, 1.165) is 24.6 Å². The maximum atomic E-state index is 13.4. The Kier molecular flexibility index (Phi) is 5.25. The third kappa shape index (κ3) is 4.13. The molecule has 1 aromatic rings. The Morgan fingerprint density at radius 3 is 2.77 bits per heavy atom. The predicted octanol–water partition coefficient (Wildman–Crippen LogP) is 3.19. The first kappa shape index (κ1) is 16.1. The molecule has 2 rings (SSSR count). The van der Waals surface area contributed by atoms with Gasteiger partial charge < -0.3 is 10.1 Å². The Labute approximate surface area is 127 Å². The Balaban J connectivity index is 1.93. The molecule has 118 valence electrons. The number of esters is 1. The van der Waals surface area contributed by atoms with Gasteiger partial charge in [0.05, 0.1) is 11.6 Å². The number of allylic oxidation sites excluding steroid dienone is 2. The molecule has 0 fully saturated rings. The summed E-state index contributed by atoms with van der Waals surface area (Å²) in [4.78, 5) is 23.8. The smallest absolute Gasteiger partial charge is 0.310 e. The van der Waals surface area contributed by atoms with Gasteiger partial charge in [-0.2, -0.15) is 0 Å². The molecule has 0 aromatic heterocycles. The highest BCUT2D eigenvalue weighted by Gasteiger charge is 2.25. The first-order valence-corrected chi connectivity index (χ1v) is 7.09. The van der Waals surface area contributed by atoms with Crippen molar-refractivity contribution in [2.75, 3.05) is 5.32 Å². The van der Waals surface area contributed by atoms with Gasteiger partial charge in [-0.05, 0) is 38.3 Å². The van der Waals surface area contributed by atoms with E-state index in [9.17, 15) is 18.4 Å². The van der Waals surface area contributed by atoms with Crippen molar-refractivity contribution in [1.29, 1.82) is 0 Å². The lowest BCUT2D eigenvalue weighted by molar-refractivity contribution is -0.157. The van der Waals surface area contributed by atoms with Gasteiger partial charge in [0.1, 0.15) is 11.6 Å². The third-order valence-electron chi connectivity index (χ3n) is 3.45. The zero-order valence-electron chi connectivity index (χ0n) is 12.1. The zero-order valence-corrected chi connectivity index (χ0v) is 12.1. The number of amides is 1. The number of halogens is 2. The van der Waals surface area contributed by atoms with Crippen LogP contribution >= 0.6 is 0 Å². The molecule has 1 amide bonds. The van der Waals surface area contributed by atoms with Crippen molar-refractivity contribution >= 4 is 17.6 Å². The fourth-order valence-electron chi connectivity index (χ4n) is 2.16. The molecule has 4 nitrogen and oxygen atoms in total. The lowest BCUT2D eigenvalue weighted by Gasteiger charge is -2.19. The minimum atomic E-state index is -1.08. The number of carbonyl (C=O) groups is 2. The molecule has 0 radical (unpaired) electrons. The van der Waals surface area contributed by atoms with Crippen molar-refractivity contribution < 1.29 is 23.1 Å². The second kappa shape index (κ2) is 7.15. The van der Waals surface area contributed by atoms with Crippen LogP contribution in [0, 0.1) is 17.6 Å². The fraction of sp³-hybridized carbons (Fsp3) is 0.375. The van der Waals surface area contributed by atoms with E-state index in [0.29, 0.717) is 12.8 Å². The Hall–Kier alpha value is -2.24. The molecule has 1 aliphatic carbocycles. The van der Waals surface area contributed by atoms with Crippen LogP contribution in [0.3, 0.4) is 0 Å². The molecule has 0 spiro atoms. The Bertz CT molecular complexity index is 601. The van der Waals surface area contributed by atoms with Crippen LogP contribution in [0.4, 0.5) is 14.5 Å². The van der Waals surface area contributed by atoms with E-state index in [-0.39, 0.29) is 11.6 Å². The highest BCUT2D eigenvalue weighted by Crippen LogP contribution is 2.21. The van der Waals surface area contributed by atoms with Crippen LogP contribution in [-0.4, -0.2) is 18.0 Å². The summed E-state index contributed by atoms with van der Waals surface area (Å²) in [5.74, 6) is -2.84. The summed E-state index contributed by atoms with van der Waals surface area (Å²) in [6, 6.07) is 2.73. The molecule has 0 bridgehead atoms. The number of hydrogen-bond donors (Lipinski definition) is 1. The first-order chi connectivity index (χ1) is 10.5. The lowest BCUT2D eigenvalue weighted by Crippen LogP contribution is -2.32. The maximum absolute atomic E-state index is 13.4. The maximum Gasteiger partial charge on any atom is 0.310 e. The summed E-state index contributed by atoms with van der Waals surface area (Å²) < 4.78 is 31.6. The van der Waals surface area contributed by atoms with E-state index >= 15 is 0 Å². The third-order valence-corrected chi connectivity index (χ3v) is 3.45. The molecule has 0 aliphatic heterocycles. The van der Waals surface area contributed by atoms with Gasteiger partial charge in [0.25, 0.3) is 5.91 Å². The standard InChI is InChI=1S/C16H17F2NO3/c1-10(22-16(21)11-5-3-2-4-6-11)15(20)19-14-9-12(17)7-8-13(14)18/h2-3,7-11H,4-6H2,1H3,(H,19,20). The summed E-state index contributed by atoms with van der Waals surface area (Å²) in [7, 11) is 0. The molecule has 0 heterocycles. The van der Waals surface area contributed by atoms with E-state index in [1.165, 1.54) is 6.92 Å². The molecule has 1 aliphatic rings. The number of ether oxygens (including phenoxy) is 1. The molecular weight excluding hydrogens is 292 g/mol. The lowest BCUT2D eigenvalue weighted by atomic mass is 9.95. The Morgan fingerprint density at radius 1 is 1.32 bits per heavy atom. The number of carbonyl (C=O) groups excluding carboxylic acids is 2. The van der Waals surface area contributed by atoms with Crippen molar-refractivity contribution in [3.05, 3.63) is 42.0 Å². The van der Waals surface area contributed by atoms with Crippen LogP contribution in [0.15, 0.2) is 30.4 Å². The second-order valence-electron chi connectivity index (χ2n) is 5.17. The van der Waals surface area contributed by atoms with Crippen molar-refractivity contribution in [1.82, 2.24) is 0 Å². The molecule has 1 N–H and O–H groups in total. The van der Waals surface area contributed by atoms with E-state index in [4.69, 9.17) is 4.74 Å². The van der Waals surface area contributed by atoms with Crippen molar-refractivity contribution in [3.8, 4) is 0 Å². The molecule has 2 unspecified atom stereocenters. The molecule has 0 saturated heterocycles. The van der Waals surface area contributed by atoms with Gasteiger partial charge in [-0.3, -0.25) is 9.59 Å². The molecule has 2 atom stereocenters. The van der Waals surface area contributed by atoms with Gasteiger partial charge in [0, 0.05) is 6.07 Å². The van der Waals surface area contributed by atoms with Crippen LogP contribution < -0.4 is 5.32 Å². The van der Waals surface area contributed by atoms with E-state index in [1.54, 1.807) is 0 Å². The number of benzene rings is 1. The van der Waals surface area contributed by atoms with Gasteiger partial charge in [-0.25, -0.2) is 8.78 Å². The van der Waals surface area contributed by atoms with Crippen LogP contribution in [-0.2, 0) is 14.3 Å². The second-order valence-corrected chi connectivity index (χ2v) is 5.17. The highest BCUT2D eigenvalue weighted by atomic mass is 19.1. The SMILES string of the molecule is CC(OC(=O)C1CC=CCC1)C(=O)Nc1cc(F)ccc1F. The Morgan fingerprint density at radius 2 is 2.09 bits per heavy atom. The molecule has 22 heavy (non-hydrogen) atoms. The predicted molar refractivity (Wildman–Crippen MR) is 77.0 cm³/mol. The summed E-state index contributed by atoms with van der Waals surface area (Å²) in [5, 5.41) is 2.21. The summed E-state index contributed by atoms with van der Waals surface area (Å²) in [6.07, 6.45) is 4.89. The van der Waals surface area contributed by atoms with Crippen LogP contribution in [0.5, 0.6) is 0 Å². The molecular formula is C16H17F2NO3. The molecule has 1 aromatic carbocycles. The highest BCUT2D eigenvalue weighted by molar-refractivity contribution is 5.95. The number of rotatable bonds is 4. The fourth-order valence-corrected chi connectivity index (χ4v) is 2.16. The number of nitrogens with one attached hydrogen (secondary N) is 1. The molecule has 6 heteroatoms. The van der Waals surface area contributed by atoms with Gasteiger partial charge >= 0.3 is 5.97 Å². The largest absolute Gasteiger partial charge is 0.452 e. The summed E-state index contributed by atoms with van der Waals surface area (Å²) in [6.45, 7) is 1.39. The van der Waals surface area contributed by atoms with Gasteiger partial charge in [0.15, 0.2) is 6.10 Å². The monoisotopic (exact) mass is 309 g/mol. The quantitative estimate of drug-likeness (QED) is 0.686. The minimum absolute atomic E-state index is 0.258. The van der Waals surface area contributed by atoms with E-state index < -0.39 is 29.6 Å². The summed E-state index contributed by atoms with van der Waals surface area (Å²) in [5.41, 5.74) is -0.284. The number of anilines is 1. The van der Waals surface area contributed by atoms with Crippen LogP contribution in [0.1, 0.15) is 26.2 Å². The van der Waals surface area contributed by atoms with Crippen LogP contribution in [0.2, 0.25) is 0 Å². The summed E-state index contributed by atoms with van der Waals surface area (Å²) >= 11 is 0. The average molecular weight is 309 g/mol. The van der Waals surface area contributed by atoms with E-state index in [2.05, 4.69) is 5.32 Å². The zero-order chi connectivity index (χ0) is 16.1. The van der Waals surface area contributed by atoms with Crippen molar-refractivity contribution in [2.45, 2.75) is 32.3 Å². The minimum Gasteiger partial charge on any atom is -0.452 e. The topological polar surface area (TPSA) is 55.4 Å². The van der Waals surface area contributed by atoms with E-state index in [1.807, 2.05) is 12.2 Å². The van der Waals surface area contributed by atoms with Gasteiger partial charge in [-0.15, -0.1) is 0 Å². The number of hydrogen-bond acceptors (Lipinski definition) is 3. The van der Waals surface area contributed by atoms with Gasteiger partial charge in [-0.1, -0.05) is 12.2 Å². The normalized spacial score (nSPS) is 18.6. The van der Waals surface area contributed by atoms with Crippen LogP contribution in [0.25, 0.3) is 0 Å². The molecule has 0 saturated carbocycles. The first-order valence-electron chi connectivity index (χ1n) is 7.09. The average Bonchev–Trinajstić information content (AvgIpc) is 2.51. The van der Waals surface area contributed by atoms with Gasteiger partial charge in [0.2, 0.25) is 0 Å². The van der Waals surface area contributed by atoms with Crippen molar-refractivity contribution in [2.24, 2.45) is 5.92 Å².